The van der Waals surface area contributed by atoms with Crippen molar-refractivity contribution in [3.8, 4) is 0 Å². The number of hydrogen-bond acceptors (Lipinski definition) is 14. The zero-order chi connectivity index (χ0) is 122. The predicted molar refractivity (Wildman–Crippen MR) is 235 cm³/mol. The van der Waals surface area contributed by atoms with Gasteiger partial charge in [-0.1, -0.05) is 0 Å². The molecule has 0 spiro atoms. The molecule has 0 heterocycles. The van der Waals surface area contributed by atoms with Crippen LogP contribution >= 0.6 is 0 Å². The summed E-state index contributed by atoms with van der Waals surface area (Å²) in [5.74, 6) is -146. The van der Waals surface area contributed by atoms with Crippen molar-refractivity contribution in [2.75, 3.05) is 0 Å². The zero-order valence-electron chi connectivity index (χ0n) is 61.7. The Labute approximate surface area is 729 Å². The summed E-state index contributed by atoms with van der Waals surface area (Å²) < 4.78 is 1270. The Morgan fingerprint density at radius 1 is 0.0608 bits per heavy atom. The van der Waals surface area contributed by atoms with Crippen molar-refractivity contribution in [1.29, 1.82) is 0 Å². The third kappa shape index (κ3) is 23.2. The monoisotopic (exact) mass is 2460 g/mol. The van der Waals surface area contributed by atoms with Crippen LogP contribution in [0, 0.1) is 0 Å². The quantitative estimate of drug-likeness (QED) is 0.0538. The van der Waals surface area contributed by atoms with Gasteiger partial charge in [0.05, 0.1) is 0 Å². The lowest BCUT2D eigenvalue weighted by Gasteiger charge is -2.46. The van der Waals surface area contributed by atoms with Crippen LogP contribution in [0.1, 0.15) is 0 Å². The lowest BCUT2D eigenvalue weighted by Crippen LogP contribution is -2.74. The highest BCUT2D eigenvalue weighted by atomic mass is 19.5. The number of alkyl halides is 90. The minimum atomic E-state index is -11.0. The highest BCUT2D eigenvalue weighted by Gasteiger charge is 2.99. The molecule has 0 fully saturated rings. The number of rotatable bonds is 42. The van der Waals surface area contributed by atoms with Crippen LogP contribution in [0.2, 0.25) is 0 Å². The van der Waals surface area contributed by atoms with Crippen molar-refractivity contribution in [2.45, 2.75) is 266 Å². The predicted octanol–water partition coefficient (Wildman–Crippen LogP) is 27.8. The molecular weight excluding hydrogens is 2460 g/mol. The normalized spacial score (nSPS) is 21.4. The molecule has 0 saturated carbocycles. The second kappa shape index (κ2) is 36.9. The third-order valence-electron chi connectivity index (χ3n) is 14.4. The van der Waals surface area contributed by atoms with Crippen molar-refractivity contribution in [2.24, 2.45) is 0 Å². The minimum absolute atomic E-state index is 0.0904. The van der Waals surface area contributed by atoms with Gasteiger partial charge in [0.1, 0.15) is 0 Å². The Balaban J connectivity index is 9.27. The first-order valence-electron chi connectivity index (χ1n) is 30.0. The van der Waals surface area contributed by atoms with Crippen LogP contribution in [0.5, 0.6) is 0 Å². The average Bonchev–Trinajstić information content (AvgIpc) is 0.701. The molecule has 0 N–H and O–H groups in total. The van der Waals surface area contributed by atoms with E-state index >= 15 is 83.4 Å². The van der Waals surface area contributed by atoms with E-state index in [2.05, 4.69) is 0 Å². The van der Waals surface area contributed by atoms with Crippen molar-refractivity contribution >= 4 is 0 Å². The summed E-state index contributed by atoms with van der Waals surface area (Å²) in [4.78, 5) is 0. The standard InChI is InChI=1S/C44F90O14/c45-1(46,15(60,61)62)30(105,106)135-2(47,16(63,64)65)31(107,108)136-3(48,17(66,67)68)32(109,110)137-4(49,18(69,70)71)33(111,112)138-5(50,19(72,73)74)34(113,114)139-6(51,20(75,76)77)35(115,116)140-7(52,21(78,79)80)36(117,118)141-8(53,22(81,82)83)37(119,120)142-9(54,23(84,85)86)38(121,122)143-10(55,24(87,88)89)39(123,124)144-11(56,25(90,91)92)40(125,126)145-12(57,26(93,94)95)41(127,128)146-13(58,27(96,97)98)42(129,130)147-14(59,28(99,100)101)43(131,132)148-44(133,134)29(102,103)104. The van der Waals surface area contributed by atoms with Gasteiger partial charge in [0.25, 0.3) is 0 Å². The highest BCUT2D eigenvalue weighted by Crippen LogP contribution is 2.71. The summed E-state index contributed by atoms with van der Waals surface area (Å²) >= 11 is 0. The molecule has 0 radical (unpaired) electrons. The third-order valence-corrected chi connectivity index (χ3v) is 14.4. The van der Waals surface area contributed by atoms with Crippen LogP contribution in [0.3, 0.4) is 0 Å². The molecule has 148 heavy (non-hydrogen) atoms. The van der Waals surface area contributed by atoms with Gasteiger partial charge < -0.3 is 0 Å². The Hall–Kier alpha value is -6.86. The zero-order valence-corrected chi connectivity index (χ0v) is 61.7. The molecule has 13 atom stereocenters. The van der Waals surface area contributed by atoms with Crippen molar-refractivity contribution in [1.82, 2.24) is 0 Å². The van der Waals surface area contributed by atoms with Gasteiger partial charge in [-0.25, -0.2) is 4.74 Å². The first-order valence-corrected chi connectivity index (χ1v) is 30.0. The van der Waals surface area contributed by atoms with E-state index in [4.69, 9.17) is 0 Å². The summed E-state index contributed by atoms with van der Waals surface area (Å²) in [6.45, 7) is 0. The summed E-state index contributed by atoms with van der Waals surface area (Å²) in [5.41, 5.74) is 0. The molecule has 14 nitrogen and oxygen atoms in total. The maximum Gasteiger partial charge on any atom is 0.483 e. The van der Waals surface area contributed by atoms with Gasteiger partial charge in [0.2, 0.25) is 0 Å². The first kappa shape index (κ1) is 141. The number of hydrogen-bond donors (Lipinski definition) is 0. The van der Waals surface area contributed by atoms with Crippen LogP contribution in [-0.4, -0.2) is 266 Å². The van der Waals surface area contributed by atoms with Gasteiger partial charge >= 0.3 is 266 Å². The van der Waals surface area contributed by atoms with Crippen LogP contribution < -0.4 is 0 Å². The second-order valence-electron chi connectivity index (χ2n) is 25.0. The van der Waals surface area contributed by atoms with Gasteiger partial charge in [-0.2, -0.15) is 395 Å². The fraction of sp³-hybridized carbons (Fsp3) is 1.00. The summed E-state index contributed by atoms with van der Waals surface area (Å²) in [6.07, 6.45) is -303. The molecule has 0 aliphatic heterocycles. The van der Waals surface area contributed by atoms with Crippen LogP contribution in [-0.2, 0) is 66.3 Å². The maximum atomic E-state index is 15.4. The minimum Gasteiger partial charge on any atom is -0.263 e. The molecule has 0 aliphatic carbocycles. The lowest BCUT2D eigenvalue weighted by atomic mass is 10.1. The molecule has 0 aromatic carbocycles. The van der Waals surface area contributed by atoms with E-state index in [9.17, 15) is 312 Å². The van der Waals surface area contributed by atoms with E-state index in [0.717, 1.165) is 0 Å². The summed E-state index contributed by atoms with van der Waals surface area (Å²) in [6, 6.07) is 0. The first-order chi connectivity index (χ1) is 62.1. The Bertz CT molecular complexity index is 4290. The molecule has 0 amide bonds. The van der Waals surface area contributed by atoms with Gasteiger partial charge in [0.15, 0.2) is 0 Å². The second-order valence-corrected chi connectivity index (χ2v) is 25.0. The molecule has 0 bridgehead atoms. The van der Waals surface area contributed by atoms with Crippen molar-refractivity contribution in [3.63, 3.8) is 0 Å². The Morgan fingerprint density at radius 2 is 0.128 bits per heavy atom. The average molecular weight is 2460 g/mol. The van der Waals surface area contributed by atoms with E-state index in [1.165, 1.54) is 0 Å². The van der Waals surface area contributed by atoms with Crippen LogP contribution in [0.15, 0.2) is 0 Å². The number of ether oxygens (including phenoxy) is 14. The molecule has 0 aromatic heterocycles. The summed E-state index contributed by atoms with van der Waals surface area (Å²) in [5, 5.41) is 0. The number of halogens is 90. The largest absolute Gasteiger partial charge is 0.483 e. The van der Waals surface area contributed by atoms with Crippen LogP contribution in [0.4, 0.5) is 395 Å². The maximum absolute atomic E-state index is 15.4. The van der Waals surface area contributed by atoms with Crippen molar-refractivity contribution in [3.05, 3.63) is 0 Å². The molecule has 0 rings (SSSR count). The van der Waals surface area contributed by atoms with Gasteiger partial charge in [-0.15, -0.1) is 0 Å². The van der Waals surface area contributed by atoms with Gasteiger partial charge in [-0.3, -0.25) is 61.6 Å². The lowest BCUT2D eigenvalue weighted by molar-refractivity contribution is -0.616. The van der Waals surface area contributed by atoms with E-state index in [1.54, 1.807) is 0 Å². The fourth-order valence-corrected chi connectivity index (χ4v) is 7.27. The van der Waals surface area contributed by atoms with E-state index in [-0.39, 0.29) is 42.6 Å². The SMILES string of the molecule is FC(F)(F)C(F)(F)OC(F)(F)C(F)(OC(F)(F)C(F)(OC(F)(F)C(F)(OC(F)(F)C(F)(OC(F)(F)C(F)(OC(F)(F)C(F)(OC(F)(F)C(F)(OC(F)(F)C(F)(OC(F)(F)C(F)(OC(F)(F)C(F)(OC(F)(F)C(F)(OC(F)(F)C(F)(OC(F)(F)C(F)(OC(F)(F)C(F)(F)C(F)(F)F)C(F)(F)F)C(F)(F)F)C(F)(F)F)C(F)(F)F)C(F)(F)F)C(F)(F)F)C(F)(F)F)C(F)(F)F)C(F)(F)F)C(F)(F)F)C(F)(F)F)C(F)(F)F)C(F)(F)F. The van der Waals surface area contributed by atoms with Gasteiger partial charge in [0, 0.05) is 0 Å². The molecule has 0 aliphatic rings. The molecule has 0 saturated heterocycles. The smallest absolute Gasteiger partial charge is 0.263 e. The fourth-order valence-electron chi connectivity index (χ4n) is 7.27. The Morgan fingerprint density at radius 3 is 0.189 bits per heavy atom. The van der Waals surface area contributed by atoms with E-state index in [0.29, 0.717) is 23.7 Å². The van der Waals surface area contributed by atoms with E-state index < -0.39 is 266 Å². The molecular formula is C44F90O14. The molecule has 104 heteroatoms. The molecule has 13 unspecified atom stereocenters. The van der Waals surface area contributed by atoms with Crippen LogP contribution in [0.25, 0.3) is 0 Å². The van der Waals surface area contributed by atoms with Crippen molar-refractivity contribution < 1.29 is 461 Å². The highest BCUT2D eigenvalue weighted by molar-refractivity contribution is 5.07. The van der Waals surface area contributed by atoms with Gasteiger partial charge in [-0.05, 0) is 0 Å². The molecule has 0 aromatic rings. The topological polar surface area (TPSA) is 129 Å². The molecule has 890 valence electrons. The van der Waals surface area contributed by atoms with E-state index in [1.807, 2.05) is 0 Å². The summed E-state index contributed by atoms with van der Waals surface area (Å²) in [7, 11) is 0. The Kier molecular flexibility index (Phi) is 35.2.